The number of hydrogen-bond donors (Lipinski definition) is 3. The van der Waals surface area contributed by atoms with Gasteiger partial charge in [-0.3, -0.25) is 4.99 Å². The second-order valence-corrected chi connectivity index (χ2v) is 5.71. The number of halogens is 2. The number of rotatable bonds is 8. The Morgan fingerprint density at radius 3 is 2.48 bits per heavy atom. The molecular formula is C16H27ClIN3O2. The lowest BCUT2D eigenvalue weighted by atomic mass is 10.2. The molecule has 0 saturated carbocycles. The van der Waals surface area contributed by atoms with E-state index in [9.17, 15) is 0 Å². The fourth-order valence-electron chi connectivity index (χ4n) is 1.67. The summed E-state index contributed by atoms with van der Waals surface area (Å²) in [5.41, 5.74) is 0. The van der Waals surface area contributed by atoms with Gasteiger partial charge in [0.25, 0.3) is 0 Å². The van der Waals surface area contributed by atoms with Crippen molar-refractivity contribution in [3.05, 3.63) is 29.3 Å². The Kier molecular flexibility index (Phi) is 12.3. The Labute approximate surface area is 160 Å². The molecule has 0 bridgehead atoms. The molecule has 23 heavy (non-hydrogen) atoms. The van der Waals surface area contributed by atoms with Crippen LogP contribution in [0.3, 0.4) is 0 Å². The van der Waals surface area contributed by atoms with Gasteiger partial charge in [0.2, 0.25) is 0 Å². The number of aliphatic hydroxyl groups excluding tert-OH is 1. The number of nitrogens with zero attached hydrogens (tertiary/aromatic N) is 1. The summed E-state index contributed by atoms with van der Waals surface area (Å²) in [4.78, 5) is 4.44. The molecule has 0 aliphatic rings. The Morgan fingerprint density at radius 1 is 1.26 bits per heavy atom. The largest absolute Gasteiger partial charge is 0.489 e. The van der Waals surface area contributed by atoms with Gasteiger partial charge in [0.1, 0.15) is 11.9 Å². The number of ether oxygens (including phenoxy) is 1. The highest BCUT2D eigenvalue weighted by atomic mass is 127. The summed E-state index contributed by atoms with van der Waals surface area (Å²) in [6.07, 6.45) is -0.0136. The van der Waals surface area contributed by atoms with Crippen molar-refractivity contribution in [2.45, 2.75) is 26.9 Å². The number of aliphatic imine (C=N–C) groups is 1. The van der Waals surface area contributed by atoms with E-state index in [1.807, 2.05) is 32.9 Å². The van der Waals surface area contributed by atoms with Crippen molar-refractivity contribution in [3.63, 3.8) is 0 Å². The Hall–Kier alpha value is -0.730. The summed E-state index contributed by atoms with van der Waals surface area (Å²) in [5.74, 6) is 1.67. The maximum atomic E-state index is 9.04. The zero-order valence-electron chi connectivity index (χ0n) is 13.9. The predicted molar refractivity (Wildman–Crippen MR) is 107 cm³/mol. The third-order valence-corrected chi connectivity index (χ3v) is 3.18. The maximum absolute atomic E-state index is 9.04. The van der Waals surface area contributed by atoms with Crippen molar-refractivity contribution in [2.24, 2.45) is 10.9 Å². The molecule has 0 aliphatic carbocycles. The normalized spacial score (nSPS) is 13.7. The Balaban J connectivity index is 0.00000484. The minimum Gasteiger partial charge on any atom is -0.489 e. The molecule has 0 radical (unpaired) electrons. The van der Waals surface area contributed by atoms with E-state index in [0.29, 0.717) is 18.1 Å². The van der Waals surface area contributed by atoms with Crippen LogP contribution in [0, 0.1) is 5.92 Å². The van der Waals surface area contributed by atoms with Gasteiger partial charge in [0.05, 0.1) is 6.54 Å². The summed E-state index contributed by atoms with van der Waals surface area (Å²) in [6, 6.07) is 7.31. The van der Waals surface area contributed by atoms with E-state index >= 15 is 0 Å². The van der Waals surface area contributed by atoms with Gasteiger partial charge in [0, 0.05) is 24.7 Å². The molecule has 132 valence electrons. The average Bonchev–Trinajstić information content (AvgIpc) is 2.52. The third kappa shape index (κ3) is 9.88. The highest BCUT2D eigenvalue weighted by Crippen LogP contribution is 2.16. The maximum Gasteiger partial charge on any atom is 0.191 e. The molecule has 0 amide bonds. The number of hydrogen-bond acceptors (Lipinski definition) is 3. The van der Waals surface area contributed by atoms with Crippen molar-refractivity contribution in [2.75, 3.05) is 26.2 Å². The van der Waals surface area contributed by atoms with Gasteiger partial charge in [-0.05, 0) is 44.0 Å². The minimum absolute atomic E-state index is 0. The first kappa shape index (κ1) is 22.3. The SMILES string of the molecule is CCNC(=NCC(C)CO)NCC(C)Oc1ccc(Cl)cc1.I. The fourth-order valence-corrected chi connectivity index (χ4v) is 1.80. The van der Waals surface area contributed by atoms with Crippen molar-refractivity contribution in [1.29, 1.82) is 0 Å². The van der Waals surface area contributed by atoms with E-state index in [1.54, 1.807) is 12.1 Å². The van der Waals surface area contributed by atoms with Crippen molar-refractivity contribution >= 4 is 41.5 Å². The molecule has 5 nitrogen and oxygen atoms in total. The van der Waals surface area contributed by atoms with Gasteiger partial charge in [0.15, 0.2) is 5.96 Å². The van der Waals surface area contributed by atoms with Crippen LogP contribution in [-0.2, 0) is 0 Å². The van der Waals surface area contributed by atoms with Gasteiger partial charge in [-0.2, -0.15) is 0 Å². The molecule has 0 spiro atoms. The Bertz CT molecular complexity index is 457. The molecule has 0 aliphatic heterocycles. The number of benzene rings is 1. The molecule has 0 fully saturated rings. The van der Waals surface area contributed by atoms with Gasteiger partial charge in [-0.25, -0.2) is 0 Å². The van der Waals surface area contributed by atoms with Crippen LogP contribution in [0.4, 0.5) is 0 Å². The monoisotopic (exact) mass is 455 g/mol. The molecular weight excluding hydrogens is 429 g/mol. The zero-order chi connectivity index (χ0) is 16.4. The summed E-state index contributed by atoms with van der Waals surface area (Å²) in [7, 11) is 0. The molecule has 2 atom stereocenters. The lowest BCUT2D eigenvalue weighted by molar-refractivity contribution is 0.223. The first-order valence-corrected chi connectivity index (χ1v) is 7.98. The minimum atomic E-state index is -0.0136. The van der Waals surface area contributed by atoms with Crippen LogP contribution < -0.4 is 15.4 Å². The molecule has 3 N–H and O–H groups in total. The standard InChI is InChI=1S/C16H26ClN3O2.HI/c1-4-18-16(19-9-12(2)11-21)20-10-13(3)22-15-7-5-14(17)6-8-15;/h5-8,12-13,21H,4,9-11H2,1-3H3,(H2,18,19,20);1H. The average molecular weight is 456 g/mol. The van der Waals surface area contributed by atoms with Crippen molar-refractivity contribution in [3.8, 4) is 5.75 Å². The van der Waals surface area contributed by atoms with E-state index in [1.165, 1.54) is 0 Å². The van der Waals surface area contributed by atoms with Crippen LogP contribution in [0.25, 0.3) is 0 Å². The molecule has 1 rings (SSSR count). The first-order valence-electron chi connectivity index (χ1n) is 7.60. The van der Waals surface area contributed by atoms with Crippen LogP contribution in [0.5, 0.6) is 5.75 Å². The van der Waals surface area contributed by atoms with E-state index in [4.69, 9.17) is 21.4 Å². The van der Waals surface area contributed by atoms with E-state index in [-0.39, 0.29) is 42.6 Å². The molecule has 1 aromatic carbocycles. The lowest BCUT2D eigenvalue weighted by Crippen LogP contribution is -2.42. The topological polar surface area (TPSA) is 65.9 Å². The van der Waals surface area contributed by atoms with E-state index in [2.05, 4.69) is 15.6 Å². The lowest BCUT2D eigenvalue weighted by Gasteiger charge is -2.18. The third-order valence-electron chi connectivity index (χ3n) is 2.92. The van der Waals surface area contributed by atoms with Crippen LogP contribution in [0.2, 0.25) is 5.02 Å². The van der Waals surface area contributed by atoms with Gasteiger partial charge < -0.3 is 20.5 Å². The second-order valence-electron chi connectivity index (χ2n) is 5.27. The summed E-state index contributed by atoms with van der Waals surface area (Å²) in [6.45, 7) is 8.09. The summed E-state index contributed by atoms with van der Waals surface area (Å²) >= 11 is 5.85. The molecule has 7 heteroatoms. The van der Waals surface area contributed by atoms with Crippen LogP contribution in [0.15, 0.2) is 29.3 Å². The van der Waals surface area contributed by atoms with Gasteiger partial charge in [-0.1, -0.05) is 18.5 Å². The smallest absolute Gasteiger partial charge is 0.191 e. The number of nitrogens with one attached hydrogen (secondary N) is 2. The first-order chi connectivity index (χ1) is 10.5. The van der Waals surface area contributed by atoms with Crippen LogP contribution >= 0.6 is 35.6 Å². The number of aliphatic hydroxyl groups is 1. The van der Waals surface area contributed by atoms with Crippen molar-refractivity contribution in [1.82, 2.24) is 10.6 Å². The predicted octanol–water partition coefficient (Wildman–Crippen LogP) is 2.91. The van der Waals surface area contributed by atoms with E-state index < -0.39 is 0 Å². The zero-order valence-corrected chi connectivity index (χ0v) is 17.0. The fraction of sp³-hybridized carbons (Fsp3) is 0.562. The number of guanidine groups is 1. The molecule has 0 heterocycles. The molecule has 0 saturated heterocycles. The van der Waals surface area contributed by atoms with Crippen molar-refractivity contribution < 1.29 is 9.84 Å². The highest BCUT2D eigenvalue weighted by molar-refractivity contribution is 14.0. The quantitative estimate of drug-likeness (QED) is 0.320. The molecule has 2 unspecified atom stereocenters. The van der Waals surface area contributed by atoms with Crippen LogP contribution in [-0.4, -0.2) is 43.4 Å². The summed E-state index contributed by atoms with van der Waals surface area (Å²) in [5, 5.41) is 16.1. The van der Waals surface area contributed by atoms with E-state index in [0.717, 1.165) is 18.3 Å². The molecule has 0 aromatic heterocycles. The summed E-state index contributed by atoms with van der Waals surface area (Å²) < 4.78 is 5.80. The Morgan fingerprint density at radius 2 is 1.91 bits per heavy atom. The van der Waals surface area contributed by atoms with Gasteiger partial charge >= 0.3 is 0 Å². The second kappa shape index (κ2) is 12.7. The van der Waals surface area contributed by atoms with Crippen LogP contribution in [0.1, 0.15) is 20.8 Å². The highest BCUT2D eigenvalue weighted by Gasteiger charge is 2.06. The van der Waals surface area contributed by atoms with Gasteiger partial charge in [-0.15, -0.1) is 24.0 Å². The molecule has 1 aromatic rings.